The second-order valence-electron chi connectivity index (χ2n) is 4.73. The smallest absolute Gasteiger partial charge is 0.154 e. The highest BCUT2D eigenvalue weighted by molar-refractivity contribution is 5.14. The molecular formula is C15H30O2. The van der Waals surface area contributed by atoms with Crippen molar-refractivity contribution in [2.45, 2.75) is 67.1 Å². The molecule has 0 aromatic rings. The van der Waals surface area contributed by atoms with Crippen LogP contribution < -0.4 is 0 Å². The molecule has 17 heavy (non-hydrogen) atoms. The topological polar surface area (TPSA) is 18.5 Å². The summed E-state index contributed by atoms with van der Waals surface area (Å²) in [5.41, 5.74) is 3.27. The largest absolute Gasteiger partial charge is 0.353 e. The van der Waals surface area contributed by atoms with Crippen LogP contribution in [0.15, 0.2) is 11.1 Å². The second kappa shape index (κ2) is 9.67. The van der Waals surface area contributed by atoms with Crippen LogP contribution >= 0.6 is 0 Å². The number of ether oxygens (including phenoxy) is 2. The van der Waals surface area contributed by atoms with Gasteiger partial charge in [0.05, 0.1) is 0 Å². The minimum Gasteiger partial charge on any atom is -0.353 e. The predicted molar refractivity (Wildman–Crippen MR) is 74.1 cm³/mol. The van der Waals surface area contributed by atoms with Crippen LogP contribution in [-0.2, 0) is 9.47 Å². The Morgan fingerprint density at radius 3 is 2.06 bits per heavy atom. The standard InChI is InChI=1S/C9H16.C6H14O2/c1-7-5-4-6-8(2)9(7)3;1-4-7-6(3)8-5-2/h7H,4-6H2,1-3H3;6H,4-5H2,1-3H3. The van der Waals surface area contributed by atoms with Gasteiger partial charge in [-0.25, -0.2) is 0 Å². The Kier molecular flexibility index (Phi) is 9.47. The molecule has 0 N–H and O–H groups in total. The van der Waals surface area contributed by atoms with Gasteiger partial charge in [-0.05, 0) is 59.8 Å². The molecule has 1 unspecified atom stereocenters. The molecule has 0 saturated heterocycles. The predicted octanol–water partition coefficient (Wildman–Crippen LogP) is 4.55. The van der Waals surface area contributed by atoms with Gasteiger partial charge in [0.1, 0.15) is 0 Å². The third-order valence-electron chi connectivity index (χ3n) is 3.40. The van der Waals surface area contributed by atoms with Crippen molar-refractivity contribution in [1.82, 2.24) is 0 Å². The van der Waals surface area contributed by atoms with E-state index in [2.05, 4.69) is 20.8 Å². The molecule has 1 aliphatic carbocycles. The summed E-state index contributed by atoms with van der Waals surface area (Å²) < 4.78 is 10.1. The van der Waals surface area contributed by atoms with Crippen LogP contribution in [0.1, 0.15) is 60.8 Å². The lowest BCUT2D eigenvalue weighted by Gasteiger charge is -2.20. The third-order valence-corrected chi connectivity index (χ3v) is 3.40. The molecule has 0 aromatic carbocycles. The fourth-order valence-corrected chi connectivity index (χ4v) is 2.03. The van der Waals surface area contributed by atoms with Crippen molar-refractivity contribution in [1.29, 1.82) is 0 Å². The van der Waals surface area contributed by atoms with Crippen molar-refractivity contribution >= 4 is 0 Å². The molecule has 0 saturated carbocycles. The minimum atomic E-state index is -0.0370. The summed E-state index contributed by atoms with van der Waals surface area (Å²) in [5.74, 6) is 0.860. The highest BCUT2D eigenvalue weighted by Gasteiger charge is 2.11. The van der Waals surface area contributed by atoms with Gasteiger partial charge in [0.15, 0.2) is 6.29 Å². The van der Waals surface area contributed by atoms with E-state index in [4.69, 9.17) is 9.47 Å². The summed E-state index contributed by atoms with van der Waals surface area (Å²) in [6.45, 7) is 14.1. The van der Waals surface area contributed by atoms with Crippen LogP contribution in [-0.4, -0.2) is 19.5 Å². The minimum absolute atomic E-state index is 0.0370. The summed E-state index contributed by atoms with van der Waals surface area (Å²) in [6.07, 6.45) is 4.12. The average Bonchev–Trinajstić information content (AvgIpc) is 2.27. The average molecular weight is 242 g/mol. The van der Waals surface area contributed by atoms with Gasteiger partial charge in [0, 0.05) is 13.2 Å². The van der Waals surface area contributed by atoms with E-state index in [9.17, 15) is 0 Å². The normalized spacial score (nSPS) is 20.3. The highest BCUT2D eigenvalue weighted by atomic mass is 16.7. The Bertz CT molecular complexity index is 215. The van der Waals surface area contributed by atoms with Gasteiger partial charge >= 0.3 is 0 Å². The Morgan fingerprint density at radius 1 is 1.18 bits per heavy atom. The Labute approximate surface area is 107 Å². The SMILES string of the molecule is CC1=C(C)C(C)CCC1.CCOC(C)OCC. The van der Waals surface area contributed by atoms with E-state index in [0.717, 1.165) is 19.1 Å². The Balaban J connectivity index is 0.000000304. The maximum absolute atomic E-state index is 5.06. The van der Waals surface area contributed by atoms with Crippen LogP contribution in [0.3, 0.4) is 0 Å². The summed E-state index contributed by atoms with van der Waals surface area (Å²) in [6, 6.07) is 0. The van der Waals surface area contributed by atoms with E-state index in [-0.39, 0.29) is 6.29 Å². The summed E-state index contributed by atoms with van der Waals surface area (Å²) in [5, 5.41) is 0. The Hall–Kier alpha value is -0.340. The first kappa shape index (κ1) is 16.7. The van der Waals surface area contributed by atoms with Gasteiger partial charge in [-0.2, -0.15) is 0 Å². The van der Waals surface area contributed by atoms with Crippen molar-refractivity contribution in [2.75, 3.05) is 13.2 Å². The molecule has 0 aliphatic heterocycles. The van der Waals surface area contributed by atoms with Crippen molar-refractivity contribution in [3.63, 3.8) is 0 Å². The molecule has 0 aromatic heterocycles. The highest BCUT2D eigenvalue weighted by Crippen LogP contribution is 2.28. The lowest BCUT2D eigenvalue weighted by atomic mass is 9.86. The summed E-state index contributed by atoms with van der Waals surface area (Å²) >= 11 is 0. The molecule has 0 heterocycles. The quantitative estimate of drug-likeness (QED) is 0.532. The zero-order valence-corrected chi connectivity index (χ0v) is 12.5. The van der Waals surface area contributed by atoms with Crippen molar-refractivity contribution < 1.29 is 9.47 Å². The van der Waals surface area contributed by atoms with E-state index >= 15 is 0 Å². The summed E-state index contributed by atoms with van der Waals surface area (Å²) in [7, 11) is 0. The van der Waals surface area contributed by atoms with E-state index < -0.39 is 0 Å². The summed E-state index contributed by atoms with van der Waals surface area (Å²) in [4.78, 5) is 0. The molecule has 0 radical (unpaired) electrons. The third kappa shape index (κ3) is 7.56. The maximum atomic E-state index is 5.06. The molecule has 0 amide bonds. The fourth-order valence-electron chi connectivity index (χ4n) is 2.03. The lowest BCUT2D eigenvalue weighted by Crippen LogP contribution is -2.11. The van der Waals surface area contributed by atoms with Crippen molar-refractivity contribution in [3.05, 3.63) is 11.1 Å². The van der Waals surface area contributed by atoms with Crippen LogP contribution in [0.25, 0.3) is 0 Å². The second-order valence-corrected chi connectivity index (χ2v) is 4.73. The Morgan fingerprint density at radius 2 is 1.71 bits per heavy atom. The molecule has 102 valence electrons. The molecule has 1 atom stereocenters. The van der Waals surface area contributed by atoms with Crippen molar-refractivity contribution in [3.8, 4) is 0 Å². The number of hydrogen-bond donors (Lipinski definition) is 0. The zero-order chi connectivity index (χ0) is 13.3. The molecule has 1 rings (SSSR count). The van der Waals surface area contributed by atoms with E-state index in [1.165, 1.54) is 19.3 Å². The van der Waals surface area contributed by atoms with Gasteiger partial charge in [-0.1, -0.05) is 18.1 Å². The molecule has 0 spiro atoms. The van der Waals surface area contributed by atoms with Gasteiger partial charge in [0.25, 0.3) is 0 Å². The number of hydrogen-bond acceptors (Lipinski definition) is 2. The fraction of sp³-hybridized carbons (Fsp3) is 0.867. The van der Waals surface area contributed by atoms with Crippen LogP contribution in [0, 0.1) is 5.92 Å². The zero-order valence-electron chi connectivity index (χ0n) is 12.5. The van der Waals surface area contributed by atoms with E-state index in [0.29, 0.717) is 0 Å². The molecular weight excluding hydrogens is 212 g/mol. The van der Waals surface area contributed by atoms with Gasteiger partial charge in [0.2, 0.25) is 0 Å². The first-order valence-corrected chi connectivity index (χ1v) is 6.92. The molecule has 1 aliphatic rings. The monoisotopic (exact) mass is 242 g/mol. The molecule has 0 fully saturated rings. The lowest BCUT2D eigenvalue weighted by molar-refractivity contribution is -0.123. The number of rotatable bonds is 4. The number of allylic oxidation sites excluding steroid dienone is 2. The van der Waals surface area contributed by atoms with Crippen LogP contribution in [0.2, 0.25) is 0 Å². The molecule has 2 nitrogen and oxygen atoms in total. The van der Waals surface area contributed by atoms with Gasteiger partial charge < -0.3 is 9.47 Å². The van der Waals surface area contributed by atoms with Crippen molar-refractivity contribution in [2.24, 2.45) is 5.92 Å². The molecule has 2 heteroatoms. The first-order chi connectivity index (χ1) is 8.02. The van der Waals surface area contributed by atoms with Gasteiger partial charge in [-0.15, -0.1) is 0 Å². The van der Waals surface area contributed by atoms with E-state index in [1.54, 1.807) is 11.1 Å². The van der Waals surface area contributed by atoms with E-state index in [1.807, 2.05) is 20.8 Å². The van der Waals surface area contributed by atoms with Crippen LogP contribution in [0.4, 0.5) is 0 Å². The first-order valence-electron chi connectivity index (χ1n) is 6.92. The van der Waals surface area contributed by atoms with Crippen LogP contribution in [0.5, 0.6) is 0 Å². The molecule has 0 bridgehead atoms. The van der Waals surface area contributed by atoms with Gasteiger partial charge in [-0.3, -0.25) is 0 Å². The maximum Gasteiger partial charge on any atom is 0.154 e.